The molecule has 0 fully saturated rings. The van der Waals surface area contributed by atoms with Crippen molar-refractivity contribution in [3.05, 3.63) is 36.4 Å². The molecule has 0 radical (unpaired) electrons. The standard InChI is InChI=1S/C13H16O2S.C2H6/c1-5-10-6-8-11(9-7-10)16-12(14)15-13(2,3)4;1-2/h5-9H,1H2,2-4H3;1-2H3. The Morgan fingerprint density at radius 1 is 1.22 bits per heavy atom. The lowest BCUT2D eigenvalue weighted by atomic mass is 10.2. The predicted molar refractivity (Wildman–Crippen MR) is 80.0 cm³/mol. The monoisotopic (exact) mass is 266 g/mol. The minimum Gasteiger partial charge on any atom is -0.452 e. The molecule has 0 aromatic heterocycles. The van der Waals surface area contributed by atoms with E-state index in [4.69, 9.17) is 4.74 Å². The summed E-state index contributed by atoms with van der Waals surface area (Å²) in [7, 11) is 0. The third-order valence-corrected chi connectivity index (χ3v) is 2.46. The average Bonchev–Trinajstić information content (AvgIpc) is 2.30. The number of thioether (sulfide) groups is 1. The van der Waals surface area contributed by atoms with E-state index in [0.29, 0.717) is 0 Å². The van der Waals surface area contributed by atoms with Gasteiger partial charge in [-0.05, 0) is 50.2 Å². The molecule has 100 valence electrons. The van der Waals surface area contributed by atoms with Crippen LogP contribution in [0.1, 0.15) is 40.2 Å². The molecule has 0 saturated carbocycles. The first kappa shape index (κ1) is 16.8. The highest BCUT2D eigenvalue weighted by Gasteiger charge is 2.16. The molecule has 1 aromatic rings. The smallest absolute Gasteiger partial charge is 0.372 e. The first-order valence-electron chi connectivity index (χ1n) is 6.04. The number of ether oxygens (including phenoxy) is 1. The molecule has 0 unspecified atom stereocenters. The van der Waals surface area contributed by atoms with Crippen molar-refractivity contribution >= 4 is 23.1 Å². The lowest BCUT2D eigenvalue weighted by molar-refractivity contribution is 0.0738. The van der Waals surface area contributed by atoms with Gasteiger partial charge in [-0.2, -0.15) is 0 Å². The maximum absolute atomic E-state index is 11.5. The molecule has 0 aliphatic heterocycles. The number of carbonyl (C=O) groups excluding carboxylic acids is 1. The lowest BCUT2D eigenvalue weighted by Gasteiger charge is -2.18. The molecular formula is C15H22O2S. The highest BCUT2D eigenvalue weighted by Crippen LogP contribution is 2.23. The van der Waals surface area contributed by atoms with Crippen LogP contribution in [0.25, 0.3) is 6.08 Å². The number of carbonyl (C=O) groups is 1. The van der Waals surface area contributed by atoms with Gasteiger partial charge in [0, 0.05) is 4.90 Å². The molecule has 0 spiro atoms. The molecule has 0 bridgehead atoms. The van der Waals surface area contributed by atoms with Gasteiger partial charge in [0.05, 0.1) is 0 Å². The summed E-state index contributed by atoms with van der Waals surface area (Å²) in [5, 5.41) is -0.279. The quantitative estimate of drug-likeness (QED) is 0.531. The Labute approximate surface area is 114 Å². The molecule has 1 rings (SSSR count). The Morgan fingerprint density at radius 3 is 2.11 bits per heavy atom. The van der Waals surface area contributed by atoms with Gasteiger partial charge < -0.3 is 4.74 Å². The number of hydrogen-bond acceptors (Lipinski definition) is 3. The van der Waals surface area contributed by atoms with Crippen molar-refractivity contribution in [2.75, 3.05) is 0 Å². The minimum atomic E-state index is -0.439. The topological polar surface area (TPSA) is 26.3 Å². The summed E-state index contributed by atoms with van der Waals surface area (Å²) in [6.45, 7) is 13.2. The van der Waals surface area contributed by atoms with Crippen molar-refractivity contribution in [3.63, 3.8) is 0 Å². The zero-order chi connectivity index (χ0) is 14.2. The molecule has 0 amide bonds. The third kappa shape index (κ3) is 7.17. The molecule has 0 saturated heterocycles. The van der Waals surface area contributed by atoms with Crippen LogP contribution in [0.2, 0.25) is 0 Å². The molecule has 0 aliphatic carbocycles. The fraction of sp³-hybridized carbons (Fsp3) is 0.400. The average molecular weight is 266 g/mol. The third-order valence-electron chi connectivity index (χ3n) is 1.71. The van der Waals surface area contributed by atoms with Crippen molar-refractivity contribution in [1.82, 2.24) is 0 Å². The second kappa shape index (κ2) is 7.98. The molecule has 0 aliphatic rings. The Bertz CT molecular complexity index is 374. The Kier molecular flexibility index (Phi) is 7.44. The Hall–Kier alpha value is -1.22. The van der Waals surface area contributed by atoms with E-state index in [9.17, 15) is 4.79 Å². The summed E-state index contributed by atoms with van der Waals surface area (Å²) in [4.78, 5) is 12.4. The molecule has 1 aromatic carbocycles. The summed E-state index contributed by atoms with van der Waals surface area (Å²) in [6, 6.07) is 7.59. The fourth-order valence-corrected chi connectivity index (χ4v) is 1.80. The van der Waals surface area contributed by atoms with Gasteiger partial charge >= 0.3 is 5.30 Å². The Morgan fingerprint density at radius 2 is 1.72 bits per heavy atom. The predicted octanol–water partition coefficient (Wildman–Crippen LogP) is 5.38. The number of rotatable bonds is 2. The van der Waals surface area contributed by atoms with Crippen LogP contribution in [0.4, 0.5) is 4.79 Å². The molecule has 0 heterocycles. The maximum Gasteiger partial charge on any atom is 0.372 e. The van der Waals surface area contributed by atoms with Crippen LogP contribution in [-0.2, 0) is 4.74 Å². The van der Waals surface area contributed by atoms with Crippen LogP contribution in [0.3, 0.4) is 0 Å². The van der Waals surface area contributed by atoms with E-state index in [1.807, 2.05) is 58.9 Å². The van der Waals surface area contributed by atoms with Crippen LogP contribution in [0.5, 0.6) is 0 Å². The van der Waals surface area contributed by atoms with E-state index in [-0.39, 0.29) is 5.30 Å². The first-order valence-corrected chi connectivity index (χ1v) is 6.86. The summed E-state index contributed by atoms with van der Waals surface area (Å²) in [5.41, 5.74) is 0.596. The zero-order valence-electron chi connectivity index (χ0n) is 11.8. The van der Waals surface area contributed by atoms with E-state index in [1.54, 1.807) is 6.08 Å². The normalized spacial score (nSPS) is 10.1. The SMILES string of the molecule is C=Cc1ccc(SC(=O)OC(C)(C)C)cc1.CC. The molecule has 0 atom stereocenters. The van der Waals surface area contributed by atoms with Crippen molar-refractivity contribution in [3.8, 4) is 0 Å². The summed E-state index contributed by atoms with van der Waals surface area (Å²) < 4.78 is 5.20. The van der Waals surface area contributed by atoms with Gasteiger partial charge in [0.25, 0.3) is 0 Å². The van der Waals surface area contributed by atoms with Crippen LogP contribution in [0.15, 0.2) is 35.7 Å². The van der Waals surface area contributed by atoms with Gasteiger partial charge in [0.2, 0.25) is 0 Å². The van der Waals surface area contributed by atoms with Crippen molar-refractivity contribution in [2.45, 2.75) is 45.1 Å². The summed E-state index contributed by atoms with van der Waals surface area (Å²) in [6.07, 6.45) is 1.77. The van der Waals surface area contributed by atoms with Crippen molar-refractivity contribution in [2.24, 2.45) is 0 Å². The lowest BCUT2D eigenvalue weighted by Crippen LogP contribution is -2.21. The number of benzene rings is 1. The maximum atomic E-state index is 11.5. The van der Waals surface area contributed by atoms with Crippen LogP contribution in [0, 0.1) is 0 Å². The van der Waals surface area contributed by atoms with E-state index in [2.05, 4.69) is 6.58 Å². The van der Waals surface area contributed by atoms with E-state index < -0.39 is 5.60 Å². The minimum absolute atomic E-state index is 0.279. The van der Waals surface area contributed by atoms with E-state index >= 15 is 0 Å². The second-order valence-corrected chi connectivity index (χ2v) is 5.35. The molecule has 0 N–H and O–H groups in total. The molecule has 2 nitrogen and oxygen atoms in total. The number of hydrogen-bond donors (Lipinski definition) is 0. The molecule has 18 heavy (non-hydrogen) atoms. The summed E-state index contributed by atoms with van der Waals surface area (Å²) >= 11 is 1.09. The van der Waals surface area contributed by atoms with E-state index in [1.165, 1.54) is 0 Å². The largest absolute Gasteiger partial charge is 0.452 e. The van der Waals surface area contributed by atoms with Crippen LogP contribution >= 0.6 is 11.8 Å². The fourth-order valence-electron chi connectivity index (χ4n) is 1.04. The molecule has 3 heteroatoms. The van der Waals surface area contributed by atoms with Gasteiger partial charge in [0.15, 0.2) is 0 Å². The van der Waals surface area contributed by atoms with E-state index in [0.717, 1.165) is 22.2 Å². The van der Waals surface area contributed by atoms with Gasteiger partial charge in [-0.3, -0.25) is 0 Å². The van der Waals surface area contributed by atoms with Gasteiger partial charge in [-0.25, -0.2) is 4.79 Å². The van der Waals surface area contributed by atoms with Gasteiger partial charge in [-0.15, -0.1) is 0 Å². The Balaban J connectivity index is 0.00000137. The zero-order valence-corrected chi connectivity index (χ0v) is 12.6. The summed E-state index contributed by atoms with van der Waals surface area (Å²) in [5.74, 6) is 0. The van der Waals surface area contributed by atoms with Gasteiger partial charge in [0.1, 0.15) is 5.60 Å². The van der Waals surface area contributed by atoms with Gasteiger partial charge in [-0.1, -0.05) is 38.6 Å². The van der Waals surface area contributed by atoms with Crippen LogP contribution in [-0.4, -0.2) is 10.9 Å². The first-order chi connectivity index (χ1) is 8.40. The second-order valence-electron chi connectivity index (χ2n) is 4.34. The van der Waals surface area contributed by atoms with Crippen molar-refractivity contribution in [1.29, 1.82) is 0 Å². The highest BCUT2D eigenvalue weighted by atomic mass is 32.2. The molecular weight excluding hydrogens is 244 g/mol. The van der Waals surface area contributed by atoms with Crippen molar-refractivity contribution < 1.29 is 9.53 Å². The highest BCUT2D eigenvalue weighted by molar-refractivity contribution is 8.13. The van der Waals surface area contributed by atoms with Crippen LogP contribution < -0.4 is 0 Å².